The minimum Gasteiger partial charge on any atom is -0.456 e. The quantitative estimate of drug-likeness (QED) is 0.167. The molecule has 77 heavy (non-hydrogen) atoms. The molecule has 0 saturated heterocycles. The van der Waals surface area contributed by atoms with E-state index in [1.165, 1.54) is 54.9 Å². The Morgan fingerprint density at radius 3 is 0.909 bits per heavy atom. The molecule has 0 saturated carbocycles. The smallest absolute Gasteiger partial charge is 0.135 e. The lowest BCUT2D eigenvalue weighted by Gasteiger charge is -2.10. The van der Waals surface area contributed by atoms with Crippen LogP contribution in [0.1, 0.15) is 0 Å². The zero-order valence-electron chi connectivity index (χ0n) is 41.4. The van der Waals surface area contributed by atoms with Crippen molar-refractivity contribution in [2.75, 3.05) is 0 Å². The summed E-state index contributed by atoms with van der Waals surface area (Å²) in [7, 11) is 0. The van der Waals surface area contributed by atoms with Gasteiger partial charge in [-0.3, -0.25) is 0 Å². The van der Waals surface area contributed by atoms with Crippen molar-refractivity contribution in [3.8, 4) is 55.9 Å². The van der Waals surface area contributed by atoms with E-state index < -0.39 is 0 Å². The van der Waals surface area contributed by atoms with Crippen molar-refractivity contribution in [3.63, 3.8) is 0 Å². The summed E-state index contributed by atoms with van der Waals surface area (Å²) in [6.07, 6.45) is 0. The third-order valence-electron chi connectivity index (χ3n) is 16.1. The summed E-state index contributed by atoms with van der Waals surface area (Å²) in [5.74, 6) is 0. The first-order valence-corrected chi connectivity index (χ1v) is 26.2. The maximum absolute atomic E-state index is 6.60. The van der Waals surface area contributed by atoms with Crippen molar-refractivity contribution in [2.45, 2.75) is 0 Å². The minimum atomic E-state index is 0.857. The number of benzene rings is 12. The van der Waals surface area contributed by atoms with E-state index in [4.69, 9.17) is 13.3 Å². The summed E-state index contributed by atoms with van der Waals surface area (Å²) in [5.41, 5.74) is 21.5. The molecule has 0 aliphatic carbocycles. The molecule has 0 aliphatic rings. The highest BCUT2D eigenvalue weighted by Crippen LogP contribution is 2.42. The van der Waals surface area contributed by atoms with E-state index in [9.17, 15) is 0 Å². The van der Waals surface area contributed by atoms with Gasteiger partial charge in [-0.15, -0.1) is 0 Å². The van der Waals surface area contributed by atoms with Crippen molar-refractivity contribution in [3.05, 3.63) is 255 Å². The van der Waals surface area contributed by atoms with Gasteiger partial charge in [0.05, 0.1) is 22.1 Å². The van der Waals surface area contributed by atoms with Gasteiger partial charge in [0, 0.05) is 65.2 Å². The third-order valence-corrected chi connectivity index (χ3v) is 16.1. The highest BCUT2D eigenvalue weighted by atomic mass is 16.3. The molecule has 17 aromatic rings. The number of hydrogen-bond donors (Lipinski definition) is 0. The molecule has 5 heteroatoms. The average molecular weight is 983 g/mol. The van der Waals surface area contributed by atoms with Crippen molar-refractivity contribution >= 4 is 109 Å². The Morgan fingerprint density at radius 2 is 0.481 bits per heavy atom. The Bertz CT molecular complexity index is 4980. The molecule has 5 nitrogen and oxygen atoms in total. The van der Waals surface area contributed by atoms with Crippen LogP contribution in [0.25, 0.3) is 165 Å². The molecule has 12 aromatic carbocycles. The third kappa shape index (κ3) is 6.41. The van der Waals surface area contributed by atoms with Crippen LogP contribution in [-0.4, -0.2) is 9.13 Å². The van der Waals surface area contributed by atoms with Crippen molar-refractivity contribution in [1.29, 1.82) is 0 Å². The van der Waals surface area contributed by atoms with Crippen molar-refractivity contribution < 1.29 is 13.3 Å². The first-order valence-electron chi connectivity index (χ1n) is 26.2. The van der Waals surface area contributed by atoms with Crippen LogP contribution in [0.5, 0.6) is 0 Å². The van der Waals surface area contributed by atoms with E-state index in [1.807, 2.05) is 24.3 Å². The summed E-state index contributed by atoms with van der Waals surface area (Å²) in [6.45, 7) is 0. The fraction of sp³-hybridized carbons (Fsp3) is 0. The van der Waals surface area contributed by atoms with Gasteiger partial charge in [0.2, 0.25) is 0 Å². The Morgan fingerprint density at radius 1 is 0.182 bits per heavy atom. The van der Waals surface area contributed by atoms with Gasteiger partial charge in [0.15, 0.2) is 0 Å². The topological polar surface area (TPSA) is 49.3 Å². The molecule has 0 N–H and O–H groups in total. The van der Waals surface area contributed by atoms with Crippen LogP contribution >= 0.6 is 0 Å². The summed E-state index contributed by atoms with van der Waals surface area (Å²) < 4.78 is 23.7. The predicted molar refractivity (Wildman–Crippen MR) is 319 cm³/mol. The molecule has 0 radical (unpaired) electrons. The van der Waals surface area contributed by atoms with Gasteiger partial charge in [-0.05, 0) is 166 Å². The standard InChI is InChI=1S/C72H42N2O3/c1-5-19-63-53(15-1)57-37-47(43-11-9-13-45(35-43)49-25-31-69-59(39-49)55-17-3-7-21-67(55)75-69)23-29-65(57)73(63)51-27-33-71-61(41-51)62-42-52(28-34-72(62)77-71)74-64-20-6-2-16-54(64)58-38-48(24-30-66(58)74)44-12-10-14-46(36-44)50-26-32-70-60(40-50)56-18-4-8-22-68(56)76-70/h1-42H. The Balaban J connectivity index is 0.743. The first kappa shape index (κ1) is 42.0. The second-order valence-electron chi connectivity index (χ2n) is 20.4. The van der Waals surface area contributed by atoms with Crippen LogP contribution in [0.3, 0.4) is 0 Å². The molecule has 358 valence electrons. The summed E-state index contributed by atoms with van der Waals surface area (Å²) >= 11 is 0. The Labute approximate surface area is 440 Å². The van der Waals surface area contributed by atoms with E-state index in [-0.39, 0.29) is 0 Å². The van der Waals surface area contributed by atoms with Crippen LogP contribution in [0.4, 0.5) is 0 Å². The summed E-state index contributed by atoms with van der Waals surface area (Å²) in [5, 5.41) is 11.5. The second kappa shape index (κ2) is 16.1. The molecule has 0 bridgehead atoms. The number of nitrogens with zero attached hydrogens (tertiary/aromatic N) is 2. The van der Waals surface area contributed by atoms with Crippen LogP contribution in [0.2, 0.25) is 0 Å². The van der Waals surface area contributed by atoms with Crippen LogP contribution in [0, 0.1) is 0 Å². The number of furan rings is 3. The first-order chi connectivity index (χ1) is 38.1. The number of rotatable bonds is 6. The minimum absolute atomic E-state index is 0.857. The molecule has 0 aliphatic heterocycles. The SMILES string of the molecule is c1cc(-c2ccc3oc4ccccc4c3c2)cc(-c2ccc3c(c2)c2ccccc2n3-c2ccc3oc4ccc(-n5c6ccccc6c6cc(-c7cccc(-c8ccc9oc%10ccccc%10c9c8)c7)ccc65)cc4c3c2)c1. The van der Waals surface area contributed by atoms with Gasteiger partial charge in [-0.1, -0.05) is 133 Å². The maximum Gasteiger partial charge on any atom is 0.135 e. The Hall–Kier alpha value is -10.4. The van der Waals surface area contributed by atoms with Crippen molar-refractivity contribution in [1.82, 2.24) is 9.13 Å². The monoisotopic (exact) mass is 982 g/mol. The number of fused-ring (bicyclic) bond motifs is 15. The lowest BCUT2D eigenvalue weighted by molar-refractivity contribution is 0.668. The number of aromatic nitrogens is 2. The molecule has 5 heterocycles. The van der Waals surface area contributed by atoms with Crippen molar-refractivity contribution in [2.24, 2.45) is 0 Å². The van der Waals surface area contributed by atoms with E-state index in [2.05, 4.69) is 240 Å². The highest BCUT2D eigenvalue weighted by Gasteiger charge is 2.19. The molecule has 5 aromatic heterocycles. The molecule has 0 unspecified atom stereocenters. The number of hydrogen-bond acceptors (Lipinski definition) is 3. The molecular formula is C72H42N2O3. The van der Waals surface area contributed by atoms with Gasteiger partial charge < -0.3 is 22.4 Å². The molecule has 17 rings (SSSR count). The van der Waals surface area contributed by atoms with E-state index in [0.717, 1.165) is 110 Å². The number of para-hydroxylation sites is 4. The summed E-state index contributed by atoms with van der Waals surface area (Å²) in [4.78, 5) is 0. The fourth-order valence-electron chi connectivity index (χ4n) is 12.5. The zero-order valence-corrected chi connectivity index (χ0v) is 41.4. The van der Waals surface area contributed by atoms with Gasteiger partial charge in [0.1, 0.15) is 33.5 Å². The Kier molecular flexibility index (Phi) is 8.77. The zero-order chi connectivity index (χ0) is 50.3. The van der Waals surface area contributed by atoms with E-state index in [0.29, 0.717) is 0 Å². The van der Waals surface area contributed by atoms with E-state index in [1.54, 1.807) is 0 Å². The van der Waals surface area contributed by atoms with Crippen LogP contribution < -0.4 is 0 Å². The van der Waals surface area contributed by atoms with Gasteiger partial charge in [0.25, 0.3) is 0 Å². The van der Waals surface area contributed by atoms with Crippen LogP contribution in [0.15, 0.2) is 268 Å². The van der Waals surface area contributed by atoms with Gasteiger partial charge in [-0.2, -0.15) is 0 Å². The van der Waals surface area contributed by atoms with Gasteiger partial charge >= 0.3 is 0 Å². The molecule has 0 atom stereocenters. The maximum atomic E-state index is 6.60. The molecular weight excluding hydrogens is 941 g/mol. The second-order valence-corrected chi connectivity index (χ2v) is 20.4. The lowest BCUT2D eigenvalue weighted by atomic mass is 9.97. The highest BCUT2D eigenvalue weighted by molar-refractivity contribution is 6.14. The molecule has 0 spiro atoms. The lowest BCUT2D eigenvalue weighted by Crippen LogP contribution is -1.94. The van der Waals surface area contributed by atoms with Crippen LogP contribution in [-0.2, 0) is 0 Å². The van der Waals surface area contributed by atoms with E-state index >= 15 is 0 Å². The normalized spacial score (nSPS) is 12.2. The average Bonchev–Trinajstić information content (AvgIpc) is 4.35. The largest absolute Gasteiger partial charge is 0.456 e. The molecule has 0 amide bonds. The fourth-order valence-corrected chi connectivity index (χ4v) is 12.5. The predicted octanol–water partition coefficient (Wildman–Crippen LogP) is 20.2. The summed E-state index contributed by atoms with van der Waals surface area (Å²) in [6, 6.07) is 91.8. The van der Waals surface area contributed by atoms with Gasteiger partial charge in [-0.25, -0.2) is 0 Å². The molecule has 0 fully saturated rings.